The summed E-state index contributed by atoms with van der Waals surface area (Å²) < 4.78 is 7.05. The molecule has 0 aliphatic carbocycles. The van der Waals surface area contributed by atoms with Crippen LogP contribution in [0, 0.1) is 0 Å². The van der Waals surface area contributed by atoms with Crippen molar-refractivity contribution in [3.05, 3.63) is 83.1 Å². The molecule has 2 aromatic carbocycles. The molecule has 8 heteroatoms. The third-order valence-electron chi connectivity index (χ3n) is 6.67. The third-order valence-corrected chi connectivity index (χ3v) is 6.67. The monoisotopic (exact) mass is 514 g/mol. The summed E-state index contributed by atoms with van der Waals surface area (Å²) in [6, 6.07) is 15.0. The number of imide groups is 1. The minimum atomic E-state index is -0.386. The predicted molar refractivity (Wildman–Crippen MR) is 146 cm³/mol. The molecule has 2 heterocycles. The molecule has 1 fully saturated rings. The number of benzene rings is 2. The number of urea groups is 1. The first-order valence-corrected chi connectivity index (χ1v) is 13.1. The lowest BCUT2D eigenvalue weighted by atomic mass is 9.98. The second kappa shape index (κ2) is 12.4. The largest absolute Gasteiger partial charge is 0.465 e. The number of nitrogens with zero attached hydrogens (tertiary/aromatic N) is 3. The Morgan fingerprint density at radius 3 is 2.47 bits per heavy atom. The summed E-state index contributed by atoms with van der Waals surface area (Å²) in [6.07, 6.45) is 8.12. The van der Waals surface area contributed by atoms with Crippen molar-refractivity contribution in [3.8, 4) is 11.1 Å². The quantitative estimate of drug-likeness (QED) is 0.210. The molecule has 0 atom stereocenters. The summed E-state index contributed by atoms with van der Waals surface area (Å²) in [5, 5.41) is 2.41. The van der Waals surface area contributed by atoms with Crippen molar-refractivity contribution in [1.29, 1.82) is 0 Å². The number of nitrogens with one attached hydrogen (secondary N) is 1. The normalized spacial score (nSPS) is 14.3. The van der Waals surface area contributed by atoms with Gasteiger partial charge in [-0.2, -0.15) is 0 Å². The summed E-state index contributed by atoms with van der Waals surface area (Å²) >= 11 is 0. The highest BCUT2D eigenvalue weighted by Gasteiger charge is 2.32. The van der Waals surface area contributed by atoms with Gasteiger partial charge in [0, 0.05) is 19.5 Å². The van der Waals surface area contributed by atoms with E-state index in [0.29, 0.717) is 24.4 Å². The summed E-state index contributed by atoms with van der Waals surface area (Å²) in [7, 11) is 1.38. The molecule has 0 unspecified atom stereocenters. The molecule has 1 aliphatic rings. The Morgan fingerprint density at radius 1 is 1.03 bits per heavy atom. The van der Waals surface area contributed by atoms with E-state index in [1.54, 1.807) is 18.3 Å². The number of ether oxygens (including phenoxy) is 1. The van der Waals surface area contributed by atoms with E-state index >= 15 is 0 Å². The summed E-state index contributed by atoms with van der Waals surface area (Å²) in [5.74, 6) is 0.176. The Balaban J connectivity index is 1.65. The smallest absolute Gasteiger partial charge is 0.338 e. The standard InChI is InChI=1S/C30H34N4O4/c1-4-6-12-27-31-19-23(18-26-28(35)32-30(37)33(26)17-7-5-2)34(27)20-21-13-15-22(16-14-21)24-10-8-9-11-25(24)29(36)38-3/h8-11,13-16,18-19H,4-7,12,17,20H2,1-3H3,(H,32,35,37). The van der Waals surface area contributed by atoms with Crippen LogP contribution in [-0.2, 0) is 22.5 Å². The fourth-order valence-electron chi connectivity index (χ4n) is 4.54. The van der Waals surface area contributed by atoms with E-state index in [4.69, 9.17) is 4.74 Å². The van der Waals surface area contributed by atoms with E-state index in [1.807, 2.05) is 49.4 Å². The molecule has 4 rings (SSSR count). The topological polar surface area (TPSA) is 93.5 Å². The van der Waals surface area contributed by atoms with Crippen LogP contribution in [0.5, 0.6) is 0 Å². The summed E-state index contributed by atoms with van der Waals surface area (Å²) in [5.41, 5.74) is 4.42. The highest BCUT2D eigenvalue weighted by molar-refractivity contribution is 6.13. The van der Waals surface area contributed by atoms with Crippen LogP contribution >= 0.6 is 0 Å². The maximum Gasteiger partial charge on any atom is 0.338 e. The molecular weight excluding hydrogens is 480 g/mol. The molecule has 0 saturated carbocycles. The van der Waals surface area contributed by atoms with Gasteiger partial charge in [0.25, 0.3) is 5.91 Å². The van der Waals surface area contributed by atoms with Gasteiger partial charge in [0.1, 0.15) is 11.5 Å². The number of hydrogen-bond acceptors (Lipinski definition) is 5. The zero-order chi connectivity index (χ0) is 27.1. The number of amides is 3. The van der Waals surface area contributed by atoms with Crippen molar-refractivity contribution >= 4 is 24.0 Å². The lowest BCUT2D eigenvalue weighted by molar-refractivity contribution is -0.116. The number of aromatic nitrogens is 2. The maximum absolute atomic E-state index is 12.6. The van der Waals surface area contributed by atoms with Gasteiger partial charge in [-0.15, -0.1) is 0 Å². The van der Waals surface area contributed by atoms with E-state index < -0.39 is 0 Å². The Bertz CT molecular complexity index is 1340. The van der Waals surface area contributed by atoms with Gasteiger partial charge in [-0.05, 0) is 41.7 Å². The zero-order valence-electron chi connectivity index (χ0n) is 22.2. The van der Waals surface area contributed by atoms with Crippen LogP contribution in [0.25, 0.3) is 17.2 Å². The van der Waals surface area contributed by atoms with Crippen LogP contribution in [0.3, 0.4) is 0 Å². The zero-order valence-corrected chi connectivity index (χ0v) is 22.2. The molecule has 3 aromatic rings. The van der Waals surface area contributed by atoms with E-state index in [0.717, 1.165) is 60.3 Å². The van der Waals surface area contributed by atoms with Crippen molar-refractivity contribution in [2.24, 2.45) is 0 Å². The first-order valence-electron chi connectivity index (χ1n) is 13.1. The fraction of sp³-hybridized carbons (Fsp3) is 0.333. The molecule has 8 nitrogen and oxygen atoms in total. The van der Waals surface area contributed by atoms with Crippen LogP contribution in [-0.4, -0.2) is 46.0 Å². The highest BCUT2D eigenvalue weighted by Crippen LogP contribution is 2.26. The minimum absolute atomic E-state index is 0.349. The average Bonchev–Trinajstić information content (AvgIpc) is 3.44. The van der Waals surface area contributed by atoms with Gasteiger partial charge < -0.3 is 9.30 Å². The van der Waals surface area contributed by atoms with E-state index in [1.165, 1.54) is 12.0 Å². The number of carbonyl (C=O) groups excluding carboxylic acids is 3. The minimum Gasteiger partial charge on any atom is -0.465 e. The van der Waals surface area contributed by atoms with E-state index in [-0.39, 0.29) is 17.9 Å². The first-order chi connectivity index (χ1) is 18.5. The predicted octanol–water partition coefficient (Wildman–Crippen LogP) is 5.42. The SMILES string of the molecule is CCCCc1ncc(C=C2C(=O)NC(=O)N2CCCC)n1Cc1ccc(-c2ccccc2C(=O)OC)cc1. The van der Waals surface area contributed by atoms with Crippen LogP contribution < -0.4 is 5.32 Å². The van der Waals surface area contributed by atoms with Gasteiger partial charge in [-0.1, -0.05) is 69.2 Å². The molecule has 0 spiro atoms. The van der Waals surface area contributed by atoms with Gasteiger partial charge in [0.05, 0.1) is 24.6 Å². The second-order valence-corrected chi connectivity index (χ2v) is 9.32. The van der Waals surface area contributed by atoms with Gasteiger partial charge >= 0.3 is 12.0 Å². The Labute approximate surface area is 223 Å². The maximum atomic E-state index is 12.6. The molecular formula is C30H34N4O4. The Hall–Kier alpha value is -4.20. The first kappa shape index (κ1) is 26.9. The van der Waals surface area contributed by atoms with E-state index in [2.05, 4.69) is 21.8 Å². The van der Waals surface area contributed by atoms with Crippen LogP contribution in [0.1, 0.15) is 67.0 Å². The van der Waals surface area contributed by atoms with Crippen LogP contribution in [0.4, 0.5) is 4.79 Å². The molecule has 1 aromatic heterocycles. The van der Waals surface area contributed by atoms with Gasteiger partial charge in [0.15, 0.2) is 0 Å². The summed E-state index contributed by atoms with van der Waals surface area (Å²) in [6.45, 7) is 5.24. The highest BCUT2D eigenvalue weighted by atomic mass is 16.5. The number of aryl methyl sites for hydroxylation is 1. The lowest BCUT2D eigenvalue weighted by Gasteiger charge is -2.16. The van der Waals surface area contributed by atoms with E-state index in [9.17, 15) is 14.4 Å². The second-order valence-electron chi connectivity index (χ2n) is 9.32. The third kappa shape index (κ3) is 5.85. The molecule has 1 aliphatic heterocycles. The number of unbranched alkanes of at least 4 members (excludes halogenated alkanes) is 2. The fourth-order valence-corrected chi connectivity index (χ4v) is 4.54. The van der Waals surface area contributed by atoms with Crippen molar-refractivity contribution in [3.63, 3.8) is 0 Å². The lowest BCUT2D eigenvalue weighted by Crippen LogP contribution is -2.28. The van der Waals surface area contributed by atoms with Gasteiger partial charge in [-0.3, -0.25) is 15.0 Å². The van der Waals surface area contributed by atoms with Gasteiger partial charge in [-0.25, -0.2) is 14.6 Å². The molecule has 0 radical (unpaired) electrons. The van der Waals surface area contributed by atoms with Crippen LogP contribution in [0.2, 0.25) is 0 Å². The molecule has 38 heavy (non-hydrogen) atoms. The average molecular weight is 515 g/mol. The van der Waals surface area contributed by atoms with Crippen molar-refractivity contribution in [1.82, 2.24) is 19.8 Å². The van der Waals surface area contributed by atoms with Crippen molar-refractivity contribution < 1.29 is 19.1 Å². The number of methoxy groups -OCH3 is 1. The molecule has 3 amide bonds. The Kier molecular flexibility index (Phi) is 8.73. The molecule has 1 saturated heterocycles. The number of carbonyl (C=O) groups is 3. The molecule has 198 valence electrons. The molecule has 0 bridgehead atoms. The number of imidazole rings is 1. The Morgan fingerprint density at radius 2 is 1.76 bits per heavy atom. The number of rotatable bonds is 11. The number of esters is 1. The molecule has 1 N–H and O–H groups in total. The summed E-state index contributed by atoms with van der Waals surface area (Å²) in [4.78, 5) is 43.3. The van der Waals surface area contributed by atoms with Crippen molar-refractivity contribution in [2.45, 2.75) is 52.5 Å². The van der Waals surface area contributed by atoms with Gasteiger partial charge in [0.2, 0.25) is 0 Å². The van der Waals surface area contributed by atoms with Crippen LogP contribution in [0.15, 0.2) is 60.4 Å². The number of hydrogen-bond donors (Lipinski definition) is 1. The van der Waals surface area contributed by atoms with Crippen molar-refractivity contribution in [2.75, 3.05) is 13.7 Å².